The molecule has 2 saturated carbocycles. The monoisotopic (exact) mass is 448 g/mol. The molecule has 2 aromatic rings. The average molecular weight is 449 g/mol. The van der Waals surface area contributed by atoms with Crippen LogP contribution in [0.4, 0.5) is 0 Å². The molecule has 2 aliphatic carbocycles. The van der Waals surface area contributed by atoms with E-state index in [1.54, 1.807) is 6.07 Å². The van der Waals surface area contributed by atoms with Crippen LogP contribution in [0.15, 0.2) is 18.2 Å². The van der Waals surface area contributed by atoms with Crippen LogP contribution in [0, 0.1) is 6.92 Å². The summed E-state index contributed by atoms with van der Waals surface area (Å²) in [6.07, 6.45) is 11.8. The van der Waals surface area contributed by atoms with Gasteiger partial charge in [0.25, 0.3) is 5.91 Å². The average Bonchev–Trinajstić information content (AvgIpc) is 2.75. The maximum absolute atomic E-state index is 13.4. The highest BCUT2D eigenvalue weighted by Gasteiger charge is 2.32. The Balaban J connectivity index is 1.56. The van der Waals surface area contributed by atoms with Gasteiger partial charge in [-0.15, -0.1) is 0 Å². The first-order chi connectivity index (χ1) is 14.5. The van der Waals surface area contributed by atoms with Gasteiger partial charge in [-0.05, 0) is 50.8 Å². The molecule has 0 saturated heterocycles. The van der Waals surface area contributed by atoms with Crippen molar-refractivity contribution < 1.29 is 9.53 Å². The standard InChI is InChI=1S/C24H30Cl2N2O2/c1-16-12-13-19-20(25)14-21(26)24(23(19)27-16)30-15-22(29)28(17-8-4-2-5-9-17)18-10-6-3-7-11-18/h12-14,17-18H,2-11,15H2,1H3. The van der Waals surface area contributed by atoms with E-state index in [1.165, 1.54) is 38.5 Å². The summed E-state index contributed by atoms with van der Waals surface area (Å²) < 4.78 is 6.04. The smallest absolute Gasteiger partial charge is 0.261 e. The van der Waals surface area contributed by atoms with E-state index in [1.807, 2.05) is 19.1 Å². The van der Waals surface area contributed by atoms with Crippen LogP contribution in [-0.2, 0) is 4.79 Å². The molecule has 0 spiro atoms. The SMILES string of the molecule is Cc1ccc2c(Cl)cc(Cl)c(OCC(=O)N(C3CCCCC3)C3CCCCC3)c2n1. The number of ether oxygens (including phenoxy) is 1. The molecular weight excluding hydrogens is 419 g/mol. The number of amides is 1. The molecule has 0 aliphatic heterocycles. The Morgan fingerprint density at radius 2 is 1.60 bits per heavy atom. The van der Waals surface area contributed by atoms with Gasteiger partial charge in [-0.25, -0.2) is 4.98 Å². The van der Waals surface area contributed by atoms with Crippen molar-refractivity contribution in [1.29, 1.82) is 0 Å². The Morgan fingerprint density at radius 1 is 1.00 bits per heavy atom. The van der Waals surface area contributed by atoms with Crippen LogP contribution < -0.4 is 4.74 Å². The molecule has 1 amide bonds. The van der Waals surface area contributed by atoms with E-state index in [2.05, 4.69) is 9.88 Å². The van der Waals surface area contributed by atoms with Crippen molar-refractivity contribution in [2.45, 2.75) is 83.2 Å². The van der Waals surface area contributed by atoms with Crippen LogP contribution in [0.2, 0.25) is 10.0 Å². The van der Waals surface area contributed by atoms with E-state index in [-0.39, 0.29) is 12.5 Å². The summed E-state index contributed by atoms with van der Waals surface area (Å²) in [6, 6.07) is 6.18. The number of halogens is 2. The Labute approximate surface area is 188 Å². The molecule has 0 bridgehead atoms. The predicted molar refractivity (Wildman–Crippen MR) is 123 cm³/mol. The number of benzene rings is 1. The second-order valence-corrected chi connectivity index (χ2v) is 9.51. The van der Waals surface area contributed by atoms with E-state index in [4.69, 9.17) is 27.9 Å². The number of nitrogens with zero attached hydrogens (tertiary/aromatic N) is 2. The van der Waals surface area contributed by atoms with E-state index in [9.17, 15) is 4.79 Å². The fourth-order valence-electron chi connectivity index (χ4n) is 5.06. The van der Waals surface area contributed by atoms with E-state index >= 15 is 0 Å². The van der Waals surface area contributed by atoms with Gasteiger partial charge in [0.15, 0.2) is 12.4 Å². The molecule has 4 rings (SSSR count). The van der Waals surface area contributed by atoms with Crippen molar-refractivity contribution >= 4 is 40.0 Å². The van der Waals surface area contributed by atoms with Gasteiger partial charge >= 0.3 is 0 Å². The minimum Gasteiger partial charge on any atom is -0.480 e. The number of rotatable bonds is 5. The lowest BCUT2D eigenvalue weighted by Crippen LogP contribution is -2.50. The molecule has 2 fully saturated rings. The van der Waals surface area contributed by atoms with E-state index < -0.39 is 0 Å². The zero-order chi connectivity index (χ0) is 21.1. The number of carbonyl (C=O) groups excluding carboxylic acids is 1. The molecule has 0 radical (unpaired) electrons. The third kappa shape index (κ3) is 4.70. The molecule has 0 unspecified atom stereocenters. The molecular formula is C24H30Cl2N2O2. The molecule has 1 aromatic carbocycles. The van der Waals surface area contributed by atoms with Crippen LogP contribution in [0.1, 0.15) is 69.9 Å². The predicted octanol–water partition coefficient (Wildman–Crippen LogP) is 6.72. The maximum atomic E-state index is 13.4. The molecule has 30 heavy (non-hydrogen) atoms. The molecule has 1 heterocycles. The quantitative estimate of drug-likeness (QED) is 0.509. The van der Waals surface area contributed by atoms with Gasteiger partial charge in [-0.3, -0.25) is 4.79 Å². The first-order valence-electron chi connectivity index (χ1n) is 11.2. The zero-order valence-electron chi connectivity index (χ0n) is 17.6. The lowest BCUT2D eigenvalue weighted by atomic mass is 9.88. The van der Waals surface area contributed by atoms with Gasteiger partial charge < -0.3 is 9.64 Å². The molecule has 4 nitrogen and oxygen atoms in total. The van der Waals surface area contributed by atoms with Gasteiger partial charge in [-0.1, -0.05) is 61.7 Å². The maximum Gasteiger partial charge on any atom is 0.261 e. The second kappa shape index (κ2) is 9.74. The van der Waals surface area contributed by atoms with Crippen molar-refractivity contribution in [2.75, 3.05) is 6.61 Å². The number of hydrogen-bond donors (Lipinski definition) is 0. The lowest BCUT2D eigenvalue weighted by Gasteiger charge is -2.41. The third-order valence-corrected chi connectivity index (χ3v) is 7.13. The van der Waals surface area contributed by atoms with Gasteiger partial charge in [0.05, 0.1) is 10.0 Å². The molecule has 2 aliphatic rings. The normalized spacial score (nSPS) is 18.5. The largest absolute Gasteiger partial charge is 0.480 e. The van der Waals surface area contributed by atoms with Crippen LogP contribution >= 0.6 is 23.2 Å². The number of aryl methyl sites for hydroxylation is 1. The Kier molecular flexibility index (Phi) is 7.05. The Morgan fingerprint density at radius 3 is 2.20 bits per heavy atom. The summed E-state index contributed by atoms with van der Waals surface area (Å²) >= 11 is 12.8. The highest BCUT2D eigenvalue weighted by atomic mass is 35.5. The van der Waals surface area contributed by atoms with Crippen molar-refractivity contribution in [3.05, 3.63) is 33.9 Å². The van der Waals surface area contributed by atoms with Crippen molar-refractivity contribution in [2.24, 2.45) is 0 Å². The van der Waals surface area contributed by atoms with Crippen LogP contribution in [-0.4, -0.2) is 34.5 Å². The highest BCUT2D eigenvalue weighted by Crippen LogP contribution is 2.37. The lowest BCUT2D eigenvalue weighted by molar-refractivity contribution is -0.140. The fourth-order valence-corrected chi connectivity index (χ4v) is 5.63. The molecule has 162 valence electrons. The molecule has 1 aromatic heterocycles. The highest BCUT2D eigenvalue weighted by molar-refractivity contribution is 6.39. The Hall–Kier alpha value is -1.52. The van der Waals surface area contributed by atoms with E-state index in [0.717, 1.165) is 36.8 Å². The van der Waals surface area contributed by atoms with Gasteiger partial charge in [0.1, 0.15) is 5.52 Å². The van der Waals surface area contributed by atoms with Gasteiger partial charge in [0.2, 0.25) is 0 Å². The third-order valence-electron chi connectivity index (χ3n) is 6.54. The second-order valence-electron chi connectivity index (χ2n) is 8.69. The number of aromatic nitrogens is 1. The molecule has 0 N–H and O–H groups in total. The van der Waals surface area contributed by atoms with Gasteiger partial charge in [-0.2, -0.15) is 0 Å². The summed E-state index contributed by atoms with van der Waals surface area (Å²) in [5, 5.41) is 1.71. The minimum absolute atomic E-state index is 0.0148. The first kappa shape index (κ1) is 21.7. The van der Waals surface area contributed by atoms with Gasteiger partial charge in [0, 0.05) is 23.2 Å². The van der Waals surface area contributed by atoms with Crippen LogP contribution in [0.25, 0.3) is 10.9 Å². The van der Waals surface area contributed by atoms with Crippen molar-refractivity contribution in [1.82, 2.24) is 9.88 Å². The minimum atomic E-state index is -0.0148. The summed E-state index contributed by atoms with van der Waals surface area (Å²) in [6.45, 7) is 1.90. The topological polar surface area (TPSA) is 42.4 Å². The van der Waals surface area contributed by atoms with E-state index in [0.29, 0.717) is 33.4 Å². The Bertz CT molecular complexity index is 888. The number of fused-ring (bicyclic) bond motifs is 1. The summed E-state index contributed by atoms with van der Waals surface area (Å²) in [5.74, 6) is 0.515. The van der Waals surface area contributed by atoms with Crippen molar-refractivity contribution in [3.63, 3.8) is 0 Å². The number of carbonyl (C=O) groups is 1. The summed E-state index contributed by atoms with van der Waals surface area (Å²) in [7, 11) is 0. The molecule has 0 atom stereocenters. The van der Waals surface area contributed by atoms with Crippen LogP contribution in [0.3, 0.4) is 0 Å². The fraction of sp³-hybridized carbons (Fsp3) is 0.583. The van der Waals surface area contributed by atoms with Crippen LogP contribution in [0.5, 0.6) is 5.75 Å². The summed E-state index contributed by atoms with van der Waals surface area (Å²) in [5.41, 5.74) is 1.46. The first-order valence-corrected chi connectivity index (χ1v) is 12.0. The van der Waals surface area contributed by atoms with Crippen molar-refractivity contribution in [3.8, 4) is 5.75 Å². The zero-order valence-corrected chi connectivity index (χ0v) is 19.1. The molecule has 6 heteroatoms. The number of hydrogen-bond acceptors (Lipinski definition) is 3. The number of pyridine rings is 1. The summed E-state index contributed by atoms with van der Waals surface area (Å²) in [4.78, 5) is 20.2.